The molecule has 0 spiro atoms. The summed E-state index contributed by atoms with van der Waals surface area (Å²) in [6.45, 7) is 10.9. The molecule has 686 valence electrons. The summed E-state index contributed by atoms with van der Waals surface area (Å²) in [5.74, 6) is -3.04. The third-order valence-corrected chi connectivity index (χ3v) is 22.4. The van der Waals surface area contributed by atoms with Gasteiger partial charge in [-0.25, -0.2) is 27.6 Å². The van der Waals surface area contributed by atoms with Crippen LogP contribution in [0.1, 0.15) is 111 Å². The largest absolute Gasteiger partial charge is 0.466 e. The van der Waals surface area contributed by atoms with Crippen molar-refractivity contribution >= 4 is 176 Å². The second-order valence-electron chi connectivity index (χ2n) is 29.6. The third kappa shape index (κ3) is 23.3. The lowest BCUT2D eigenvalue weighted by Gasteiger charge is -2.21. The summed E-state index contributed by atoms with van der Waals surface area (Å²) in [6, 6.07) is 42.8. The molecule has 0 bridgehead atoms. The van der Waals surface area contributed by atoms with E-state index in [4.69, 9.17) is 9.47 Å². The van der Waals surface area contributed by atoms with Crippen LogP contribution in [0.25, 0.3) is 49.8 Å². The van der Waals surface area contributed by atoms with Crippen molar-refractivity contribution in [1.29, 1.82) is 0 Å². The van der Waals surface area contributed by atoms with Crippen molar-refractivity contribution < 1.29 is 46.9 Å². The molecule has 0 fully saturated rings. The summed E-state index contributed by atoms with van der Waals surface area (Å²) >= 11 is 5.94. The Hall–Kier alpha value is -12.6. The maximum absolute atomic E-state index is 15.0. The van der Waals surface area contributed by atoms with Gasteiger partial charge in [-0.05, 0) is 242 Å². The molecule has 0 saturated heterocycles. The molecule has 7 aromatic carbocycles. The summed E-state index contributed by atoms with van der Waals surface area (Å²) in [7, 11) is 4.41. The fourth-order valence-electron chi connectivity index (χ4n) is 14.4. The summed E-state index contributed by atoms with van der Waals surface area (Å²) in [4.78, 5) is 171. The molecule has 0 aliphatic rings. The SMILES string of the molecule is C.C.C.CC(=O)Nc1cccc(-n2c(=O)n(CCCCO)c(=O)c3c(Nc4ccc(I)cc4F)n(C)c(=O)c(C)c32)c1.CC(=O)Nc1cccc(-n2c(=O)n(CCCCOC(C)=O)c(=O)c3c(Nc4ccc(I)cc4F)n(C)c(=O)c(C)c32)c1.CC(=O)Nc1cccc(-n2c(=O)n(CCCCOCc3ccccc3)c(=O)c3c(Nc4ccc(I)cc4F)n(C)c(=O)c(C)c32)c1. The summed E-state index contributed by atoms with van der Waals surface area (Å²) < 4.78 is 68.2. The molecule has 0 radical (unpaired) electrons. The molecular weight excluding hydrogens is 2020 g/mol. The Morgan fingerprint density at radius 3 is 0.985 bits per heavy atom. The maximum Gasteiger partial charge on any atom is 0.336 e. The van der Waals surface area contributed by atoms with E-state index in [2.05, 4.69) is 31.9 Å². The number of hydrogen-bond donors (Lipinski definition) is 7. The lowest BCUT2D eigenvalue weighted by atomic mass is 10.1. The number of benzene rings is 7. The zero-order valence-corrected chi connectivity index (χ0v) is 77.0. The van der Waals surface area contributed by atoms with Gasteiger partial charge in [-0.2, -0.15) is 0 Å². The van der Waals surface area contributed by atoms with E-state index in [0.29, 0.717) is 96.6 Å². The standard InChI is InChI=1S/C34H33FIN5O5.C29H29FIN5O6.C27H27FIN5O5.3CH4/c1-21-30-29(31(39(3)32(21)43)38-28-15-14-24(36)18-27(28)35)33(44)40(16-7-8-17-46-20-23-10-5-4-6-11-23)34(45)41(30)26-13-9-12-25(19-26)37-22(2)42;1-16-25-24(26(34(4)27(16)39)33-23-11-10-19(31)14-22(23)30)28(40)35(12-5-6-13-42-18(3)38)29(41)36(25)21-9-7-8-20(15-21)32-17(2)37;1-15-23-22(24(32(3)25(15)37)31-21-10-9-17(29)13-20(21)28)26(38)33(11-4-5-12-35)27(39)34(23)19-8-6-7-18(14-19)30-16(2)36;;;/h4-6,9-15,18-19,38H,7-8,16-17,20H2,1-3H3,(H,37,42);7-11,14-15,33H,5-6,12-13H2,1-4H3,(H,32,37);6-10,13-14,31,35H,4-5,11-12H2,1-3H3,(H,30,36);3*1H4. The molecule has 37 heteroatoms. The average Bonchev–Trinajstić information content (AvgIpc) is 0.733. The number of aryl methyl sites for hydroxylation is 3. The molecule has 0 saturated carbocycles. The number of unbranched alkanes of at least 4 members (excludes halogenated alkanes) is 3. The Kier molecular flexibility index (Phi) is 36.0. The number of carbonyl (C=O) groups excluding carboxylic acids is 4. The number of halogens is 6. The molecule has 13 aromatic rings. The van der Waals surface area contributed by atoms with Crippen molar-refractivity contribution in [2.24, 2.45) is 21.1 Å². The summed E-state index contributed by atoms with van der Waals surface area (Å²) in [6.07, 6.45) is 2.49. The second kappa shape index (κ2) is 45.6. The number of carbonyl (C=O) groups is 4. The van der Waals surface area contributed by atoms with Gasteiger partial charge in [0.25, 0.3) is 33.4 Å². The van der Waals surface area contributed by atoms with Crippen LogP contribution in [0.15, 0.2) is 201 Å². The molecule has 6 aromatic heterocycles. The van der Waals surface area contributed by atoms with E-state index in [1.165, 1.54) is 126 Å². The highest BCUT2D eigenvalue weighted by Gasteiger charge is 2.29. The molecule has 130 heavy (non-hydrogen) atoms. The fourth-order valence-corrected chi connectivity index (χ4v) is 15.8. The van der Waals surface area contributed by atoms with Crippen molar-refractivity contribution in [2.45, 2.75) is 136 Å². The van der Waals surface area contributed by atoms with Crippen molar-refractivity contribution in [3.63, 3.8) is 0 Å². The Bertz CT molecular complexity index is 7100. The summed E-state index contributed by atoms with van der Waals surface area (Å²) in [5, 5.41) is 26.1. The van der Waals surface area contributed by atoms with Crippen LogP contribution < -0.4 is 82.3 Å². The smallest absolute Gasteiger partial charge is 0.336 e. The van der Waals surface area contributed by atoms with Gasteiger partial charge in [-0.1, -0.05) is 70.8 Å². The molecule has 0 aliphatic heterocycles. The molecule has 0 unspecified atom stereocenters. The number of ether oxygens (including phenoxy) is 2. The van der Waals surface area contributed by atoms with Crippen LogP contribution in [0.2, 0.25) is 0 Å². The Labute approximate surface area is 785 Å². The van der Waals surface area contributed by atoms with E-state index in [0.717, 1.165) is 19.3 Å². The zero-order valence-electron chi connectivity index (χ0n) is 70.6. The molecule has 31 nitrogen and oxygen atoms in total. The van der Waals surface area contributed by atoms with Gasteiger partial charge in [-0.3, -0.25) is 89.0 Å². The van der Waals surface area contributed by atoms with E-state index < -0.39 is 73.8 Å². The highest BCUT2D eigenvalue weighted by molar-refractivity contribution is 14.1. The minimum atomic E-state index is -0.706. The van der Waals surface area contributed by atoms with Gasteiger partial charge in [0.15, 0.2) is 0 Å². The molecule has 0 aliphatic carbocycles. The Morgan fingerprint density at radius 1 is 0.385 bits per heavy atom. The topological polar surface area (TPSA) is 377 Å². The van der Waals surface area contributed by atoms with E-state index in [-0.39, 0.29) is 157 Å². The average molecular weight is 2120 g/mol. The number of hydrogen-bond acceptors (Lipinski definition) is 19. The highest BCUT2D eigenvalue weighted by Crippen LogP contribution is 2.33. The van der Waals surface area contributed by atoms with Crippen LogP contribution in [0.3, 0.4) is 0 Å². The number of anilines is 9. The normalized spacial score (nSPS) is 10.8. The van der Waals surface area contributed by atoms with Crippen molar-refractivity contribution in [3.8, 4) is 17.1 Å². The number of esters is 1. The van der Waals surface area contributed by atoms with Crippen molar-refractivity contribution in [2.75, 3.05) is 51.7 Å². The van der Waals surface area contributed by atoms with Gasteiger partial charge < -0.3 is 46.5 Å². The molecule has 13 rings (SSSR count). The zero-order chi connectivity index (χ0) is 92.1. The van der Waals surface area contributed by atoms with Crippen LogP contribution in [0.4, 0.5) is 64.7 Å². The lowest BCUT2D eigenvalue weighted by Crippen LogP contribution is -2.41. The third-order valence-electron chi connectivity index (χ3n) is 20.4. The summed E-state index contributed by atoms with van der Waals surface area (Å²) in [5.41, 5.74) is -1.42. The van der Waals surface area contributed by atoms with Crippen LogP contribution in [-0.2, 0) is 76.0 Å². The van der Waals surface area contributed by atoms with Crippen molar-refractivity contribution in [1.82, 2.24) is 41.1 Å². The quantitative estimate of drug-likeness (QED) is 0.0136. The number of aromatic nitrogens is 9. The molecule has 6 heterocycles. The van der Waals surface area contributed by atoms with Gasteiger partial charge in [0.05, 0.1) is 63.9 Å². The van der Waals surface area contributed by atoms with Crippen LogP contribution in [-0.4, -0.2) is 89.7 Å². The minimum Gasteiger partial charge on any atom is -0.466 e. The van der Waals surface area contributed by atoms with E-state index in [1.807, 2.05) is 98.1 Å². The van der Waals surface area contributed by atoms with E-state index in [9.17, 15) is 76.2 Å². The number of fused-ring (bicyclic) bond motifs is 3. The maximum atomic E-state index is 15.0. The molecule has 7 N–H and O–H groups in total. The van der Waals surface area contributed by atoms with Gasteiger partial charge >= 0.3 is 23.0 Å². The van der Waals surface area contributed by atoms with Gasteiger partial charge in [0.2, 0.25) is 17.7 Å². The lowest BCUT2D eigenvalue weighted by molar-refractivity contribution is -0.141. The number of aliphatic hydroxyl groups is 1. The van der Waals surface area contributed by atoms with Crippen LogP contribution in [0.5, 0.6) is 0 Å². The monoisotopic (exact) mass is 2120 g/mol. The second-order valence-corrected chi connectivity index (χ2v) is 33.3. The number of nitrogens with zero attached hydrogens (tertiary/aromatic N) is 9. The Balaban J connectivity index is 0.000000239. The minimum absolute atomic E-state index is 0. The molecule has 0 atom stereocenters. The number of amides is 3. The first-order valence-electron chi connectivity index (χ1n) is 39.9. The number of nitrogens with one attached hydrogen (secondary N) is 6. The van der Waals surface area contributed by atoms with Crippen LogP contribution >= 0.6 is 67.8 Å². The van der Waals surface area contributed by atoms with E-state index in [1.54, 1.807) is 97.9 Å². The predicted octanol–water partition coefficient (Wildman–Crippen LogP) is 14.8. The first kappa shape index (κ1) is 103. The van der Waals surface area contributed by atoms with E-state index >= 15 is 4.39 Å². The number of rotatable bonds is 28. The van der Waals surface area contributed by atoms with Gasteiger partial charge in [0.1, 0.15) is 51.1 Å². The van der Waals surface area contributed by atoms with Crippen molar-refractivity contribution in [3.05, 3.63) is 302 Å². The highest BCUT2D eigenvalue weighted by atomic mass is 127. The van der Waals surface area contributed by atoms with Gasteiger partial charge in [0, 0.05) is 126 Å². The molecular formula is C93H101F3I3N15O16. The fraction of sp³-hybridized carbons (Fsp3) is 0.280. The number of aliphatic hydroxyl groups excluding tert-OH is 1. The predicted molar refractivity (Wildman–Crippen MR) is 529 cm³/mol. The Morgan fingerprint density at radius 2 is 0.692 bits per heavy atom. The first-order chi connectivity index (χ1) is 60.5. The number of pyridine rings is 3. The molecule has 3 amide bonds. The van der Waals surface area contributed by atoms with Gasteiger partial charge in [-0.15, -0.1) is 0 Å². The first-order valence-corrected chi connectivity index (χ1v) is 43.1. The van der Waals surface area contributed by atoms with Crippen LogP contribution in [0, 0.1) is 48.9 Å².